The third-order valence-electron chi connectivity index (χ3n) is 4.56. The van der Waals surface area contributed by atoms with Crippen molar-refractivity contribution in [1.29, 1.82) is 0 Å². The number of hydrogen-bond donors (Lipinski definition) is 0. The van der Waals surface area contributed by atoms with Crippen LogP contribution in [0.2, 0.25) is 20.1 Å². The number of amides is 2. The van der Waals surface area contributed by atoms with E-state index in [-0.39, 0.29) is 16.8 Å². The highest BCUT2D eigenvalue weighted by molar-refractivity contribution is 9.10. The van der Waals surface area contributed by atoms with Crippen LogP contribution in [0.5, 0.6) is 5.75 Å². The number of benzene rings is 3. The molecule has 1 fully saturated rings. The molecule has 3 aromatic carbocycles. The monoisotopic (exact) mass is 601 g/mol. The van der Waals surface area contributed by atoms with Gasteiger partial charge in [-0.25, -0.2) is 4.90 Å². The van der Waals surface area contributed by atoms with E-state index in [2.05, 4.69) is 15.9 Å². The first kappa shape index (κ1) is 24.5. The Bertz CT molecular complexity index is 1270. The summed E-state index contributed by atoms with van der Waals surface area (Å²) in [4.78, 5) is 26.7. The van der Waals surface area contributed by atoms with Crippen molar-refractivity contribution < 1.29 is 14.3 Å². The lowest BCUT2D eigenvalue weighted by Gasteiger charge is -2.12. The van der Waals surface area contributed by atoms with Crippen molar-refractivity contribution >= 4 is 97.0 Å². The second-order valence-electron chi connectivity index (χ2n) is 6.84. The third kappa shape index (κ3) is 5.53. The van der Waals surface area contributed by atoms with E-state index in [1.165, 1.54) is 0 Å². The van der Waals surface area contributed by atoms with Gasteiger partial charge >= 0.3 is 0 Å². The maximum absolute atomic E-state index is 12.8. The first-order valence-corrected chi connectivity index (χ1v) is 12.4. The Morgan fingerprint density at radius 2 is 1.64 bits per heavy atom. The minimum atomic E-state index is -0.417. The van der Waals surface area contributed by atoms with Crippen LogP contribution in [0.3, 0.4) is 0 Å². The molecule has 168 valence electrons. The second-order valence-corrected chi connectivity index (χ2v) is 10.3. The number of ether oxygens (including phenoxy) is 1. The van der Waals surface area contributed by atoms with Crippen LogP contribution >= 0.6 is 74.1 Å². The molecular formula is C23H12BrCl4NO3S. The molecule has 0 aromatic heterocycles. The van der Waals surface area contributed by atoms with Gasteiger partial charge in [0.25, 0.3) is 11.1 Å². The number of hydrogen-bond acceptors (Lipinski definition) is 4. The maximum atomic E-state index is 12.8. The summed E-state index contributed by atoms with van der Waals surface area (Å²) in [5, 5.41) is 1.37. The predicted octanol–water partition coefficient (Wildman–Crippen LogP) is 8.88. The molecule has 0 spiro atoms. The zero-order valence-electron chi connectivity index (χ0n) is 16.5. The Morgan fingerprint density at radius 1 is 0.909 bits per heavy atom. The first-order chi connectivity index (χ1) is 15.7. The lowest BCUT2D eigenvalue weighted by atomic mass is 10.2. The van der Waals surface area contributed by atoms with Gasteiger partial charge in [-0.15, -0.1) is 0 Å². The van der Waals surface area contributed by atoms with Crippen LogP contribution in [0.1, 0.15) is 11.1 Å². The van der Waals surface area contributed by atoms with Gasteiger partial charge in [-0.1, -0.05) is 52.5 Å². The Morgan fingerprint density at radius 3 is 2.30 bits per heavy atom. The van der Waals surface area contributed by atoms with E-state index in [1.807, 2.05) is 0 Å². The summed E-state index contributed by atoms with van der Waals surface area (Å²) >= 11 is 28.6. The third-order valence-corrected chi connectivity index (χ3v) is 7.29. The average molecular weight is 604 g/mol. The van der Waals surface area contributed by atoms with Gasteiger partial charge in [0.15, 0.2) is 5.75 Å². The van der Waals surface area contributed by atoms with Gasteiger partial charge in [0.05, 0.1) is 30.1 Å². The maximum Gasteiger partial charge on any atom is 0.298 e. The molecule has 0 saturated carbocycles. The van der Waals surface area contributed by atoms with Crippen LogP contribution in [-0.4, -0.2) is 11.1 Å². The normalized spacial score (nSPS) is 14.9. The number of nitrogens with zero attached hydrogens (tertiary/aromatic N) is 1. The van der Waals surface area contributed by atoms with E-state index >= 15 is 0 Å². The fraction of sp³-hybridized carbons (Fsp3) is 0.0435. The molecule has 10 heteroatoms. The average Bonchev–Trinajstić information content (AvgIpc) is 3.03. The number of anilines is 1. The first-order valence-electron chi connectivity index (χ1n) is 9.32. The number of carbonyl (C=O) groups excluding carboxylic acids is 2. The highest BCUT2D eigenvalue weighted by Crippen LogP contribution is 2.39. The van der Waals surface area contributed by atoms with Crippen molar-refractivity contribution in [2.45, 2.75) is 6.61 Å². The largest absolute Gasteiger partial charge is 0.486 e. The van der Waals surface area contributed by atoms with Gasteiger partial charge in [0.2, 0.25) is 0 Å². The Balaban J connectivity index is 1.54. The molecule has 4 nitrogen and oxygen atoms in total. The van der Waals surface area contributed by atoms with Crippen molar-refractivity contribution in [3.63, 3.8) is 0 Å². The Hall–Kier alpha value is -1.67. The van der Waals surface area contributed by atoms with Crippen LogP contribution in [0, 0.1) is 0 Å². The van der Waals surface area contributed by atoms with Crippen molar-refractivity contribution in [2.75, 3.05) is 4.90 Å². The van der Waals surface area contributed by atoms with E-state index in [0.717, 1.165) is 22.2 Å². The molecule has 33 heavy (non-hydrogen) atoms. The number of rotatable bonds is 5. The predicted molar refractivity (Wildman–Crippen MR) is 140 cm³/mol. The summed E-state index contributed by atoms with van der Waals surface area (Å²) in [5.41, 5.74) is 1.92. The van der Waals surface area contributed by atoms with Gasteiger partial charge in [0.1, 0.15) is 6.61 Å². The number of halogens is 5. The standard InChI is InChI=1S/C23H12BrCl4NO3S/c24-16-7-13(9-19(28)21(16)32-11-12-1-6-17(26)18(27)8-12)10-20-22(30)29(23(31)33-20)15-4-2-14(25)3-5-15/h1-10H,11H2/b20-10+. The molecule has 1 heterocycles. The minimum Gasteiger partial charge on any atom is -0.486 e. The molecule has 0 radical (unpaired) electrons. The SMILES string of the molecule is O=C1S/C(=C/c2cc(Cl)c(OCc3ccc(Cl)c(Cl)c3)c(Br)c2)C(=O)N1c1ccc(Cl)cc1. The molecule has 1 aliphatic heterocycles. The molecule has 0 aliphatic carbocycles. The molecule has 0 atom stereocenters. The highest BCUT2D eigenvalue weighted by atomic mass is 79.9. The molecule has 2 amide bonds. The molecule has 0 bridgehead atoms. The lowest BCUT2D eigenvalue weighted by Crippen LogP contribution is -2.27. The van der Waals surface area contributed by atoms with Crippen LogP contribution in [0.4, 0.5) is 10.5 Å². The molecule has 1 aliphatic rings. The van der Waals surface area contributed by atoms with Crippen LogP contribution < -0.4 is 9.64 Å². The number of imide groups is 1. The Kier molecular flexibility index (Phi) is 7.63. The zero-order chi connectivity index (χ0) is 23.7. The quantitative estimate of drug-likeness (QED) is 0.273. The van der Waals surface area contributed by atoms with Gasteiger partial charge in [0, 0.05) is 5.02 Å². The van der Waals surface area contributed by atoms with Gasteiger partial charge in [-0.05, 0) is 93.4 Å². The molecule has 0 N–H and O–H groups in total. The summed E-state index contributed by atoms with van der Waals surface area (Å²) in [7, 11) is 0. The molecular weight excluding hydrogens is 592 g/mol. The van der Waals surface area contributed by atoms with E-state index in [0.29, 0.717) is 41.6 Å². The van der Waals surface area contributed by atoms with Gasteiger partial charge in [-0.3, -0.25) is 9.59 Å². The highest BCUT2D eigenvalue weighted by Gasteiger charge is 2.36. The zero-order valence-corrected chi connectivity index (χ0v) is 21.9. The Labute approximate surface area is 222 Å². The molecule has 3 aromatic rings. The fourth-order valence-electron chi connectivity index (χ4n) is 3.02. The summed E-state index contributed by atoms with van der Waals surface area (Å²) in [6.45, 7) is 0.231. The number of thioether (sulfide) groups is 1. The topological polar surface area (TPSA) is 46.6 Å². The molecule has 4 rings (SSSR count). The lowest BCUT2D eigenvalue weighted by molar-refractivity contribution is -0.113. The van der Waals surface area contributed by atoms with E-state index in [9.17, 15) is 9.59 Å². The van der Waals surface area contributed by atoms with Crippen LogP contribution in [0.25, 0.3) is 6.08 Å². The minimum absolute atomic E-state index is 0.231. The van der Waals surface area contributed by atoms with E-state index in [4.69, 9.17) is 51.1 Å². The van der Waals surface area contributed by atoms with Crippen LogP contribution in [0.15, 0.2) is 64.0 Å². The fourth-order valence-corrected chi connectivity index (χ4v) is 5.29. The van der Waals surface area contributed by atoms with E-state index < -0.39 is 5.91 Å². The molecule has 0 unspecified atom stereocenters. The van der Waals surface area contributed by atoms with Crippen LogP contribution in [-0.2, 0) is 11.4 Å². The van der Waals surface area contributed by atoms with Crippen molar-refractivity contribution in [3.05, 3.63) is 95.2 Å². The van der Waals surface area contributed by atoms with Crippen molar-refractivity contribution in [1.82, 2.24) is 0 Å². The summed E-state index contributed by atoms with van der Waals surface area (Å²) in [6, 6.07) is 15.1. The summed E-state index contributed by atoms with van der Waals surface area (Å²) < 4.78 is 6.45. The smallest absolute Gasteiger partial charge is 0.298 e. The van der Waals surface area contributed by atoms with Crippen molar-refractivity contribution in [2.24, 2.45) is 0 Å². The second kappa shape index (κ2) is 10.3. The van der Waals surface area contributed by atoms with E-state index in [1.54, 1.807) is 60.7 Å². The van der Waals surface area contributed by atoms with Gasteiger partial charge < -0.3 is 4.74 Å². The number of carbonyl (C=O) groups is 2. The van der Waals surface area contributed by atoms with Crippen molar-refractivity contribution in [3.8, 4) is 5.75 Å². The van der Waals surface area contributed by atoms with Gasteiger partial charge in [-0.2, -0.15) is 0 Å². The molecule has 1 saturated heterocycles. The summed E-state index contributed by atoms with van der Waals surface area (Å²) in [5.74, 6) is 0.0219. The summed E-state index contributed by atoms with van der Waals surface area (Å²) in [6.07, 6.45) is 1.61.